The van der Waals surface area contributed by atoms with Crippen LogP contribution < -0.4 is 4.90 Å². The highest BCUT2D eigenvalue weighted by Gasteiger charge is 2.25. The summed E-state index contributed by atoms with van der Waals surface area (Å²) in [7, 11) is 0. The van der Waals surface area contributed by atoms with E-state index in [9.17, 15) is 0 Å². The maximum Gasteiger partial charge on any atom is 0.146 e. The van der Waals surface area contributed by atoms with Gasteiger partial charge >= 0.3 is 0 Å². The SMILES string of the molecule is Cc1noc(C)c1CN1CCN(c2nc(CN3CCOCC3)nc3sc(C)c(C)c23)CC1. The number of hydrogen-bond donors (Lipinski definition) is 0. The Labute approximate surface area is 193 Å². The van der Waals surface area contributed by atoms with Crippen molar-refractivity contribution >= 4 is 27.4 Å². The molecule has 0 aromatic carbocycles. The molecule has 5 heterocycles. The van der Waals surface area contributed by atoms with Crippen LogP contribution in [-0.4, -0.2) is 77.4 Å². The van der Waals surface area contributed by atoms with Gasteiger partial charge in [0.1, 0.15) is 22.2 Å². The molecule has 8 nitrogen and oxygen atoms in total. The number of aryl methyl sites for hydroxylation is 4. The molecule has 0 saturated carbocycles. The first-order valence-electron chi connectivity index (χ1n) is 11.5. The van der Waals surface area contributed by atoms with Crippen LogP contribution in [0.15, 0.2) is 4.52 Å². The van der Waals surface area contributed by atoms with E-state index in [4.69, 9.17) is 19.2 Å². The Morgan fingerprint density at radius 3 is 2.28 bits per heavy atom. The molecule has 9 heteroatoms. The van der Waals surface area contributed by atoms with Crippen LogP contribution in [0.2, 0.25) is 0 Å². The van der Waals surface area contributed by atoms with Crippen molar-refractivity contribution in [2.75, 3.05) is 57.4 Å². The second kappa shape index (κ2) is 9.05. The van der Waals surface area contributed by atoms with E-state index < -0.39 is 0 Å². The third kappa shape index (κ3) is 4.26. The second-order valence-corrected chi connectivity index (χ2v) is 10.1. The number of nitrogens with zero attached hydrogens (tertiary/aromatic N) is 6. The van der Waals surface area contributed by atoms with Crippen LogP contribution in [0.4, 0.5) is 5.82 Å². The normalized spacial score (nSPS) is 18.7. The molecule has 0 atom stereocenters. The van der Waals surface area contributed by atoms with Crippen molar-refractivity contribution in [1.82, 2.24) is 24.9 Å². The van der Waals surface area contributed by atoms with Crippen molar-refractivity contribution in [3.05, 3.63) is 33.3 Å². The number of anilines is 1. The highest BCUT2D eigenvalue weighted by atomic mass is 32.1. The largest absolute Gasteiger partial charge is 0.379 e. The Morgan fingerprint density at radius 1 is 0.875 bits per heavy atom. The van der Waals surface area contributed by atoms with E-state index in [1.807, 2.05) is 13.8 Å². The number of fused-ring (bicyclic) bond motifs is 1. The first-order valence-corrected chi connectivity index (χ1v) is 12.3. The van der Waals surface area contributed by atoms with Crippen molar-refractivity contribution in [1.29, 1.82) is 0 Å². The van der Waals surface area contributed by atoms with Crippen molar-refractivity contribution in [3.63, 3.8) is 0 Å². The zero-order valence-electron chi connectivity index (χ0n) is 19.5. The van der Waals surface area contributed by atoms with Crippen molar-refractivity contribution in [2.24, 2.45) is 0 Å². The van der Waals surface area contributed by atoms with E-state index in [2.05, 4.69) is 33.7 Å². The van der Waals surface area contributed by atoms with Gasteiger partial charge < -0.3 is 14.2 Å². The average Bonchev–Trinajstić information content (AvgIpc) is 3.27. The molecule has 0 unspecified atom stereocenters. The fraction of sp³-hybridized carbons (Fsp3) is 0.609. The van der Waals surface area contributed by atoms with Gasteiger partial charge in [-0.1, -0.05) is 5.16 Å². The molecule has 0 radical (unpaired) electrons. The lowest BCUT2D eigenvalue weighted by Crippen LogP contribution is -2.46. The number of hydrogen-bond acceptors (Lipinski definition) is 9. The molecule has 32 heavy (non-hydrogen) atoms. The molecular formula is C23H32N6O2S. The van der Waals surface area contributed by atoms with Gasteiger partial charge in [0.25, 0.3) is 0 Å². The van der Waals surface area contributed by atoms with Gasteiger partial charge in [-0.15, -0.1) is 11.3 Å². The molecule has 0 amide bonds. The summed E-state index contributed by atoms with van der Waals surface area (Å²) in [6, 6.07) is 0. The lowest BCUT2D eigenvalue weighted by Gasteiger charge is -2.36. The molecular weight excluding hydrogens is 424 g/mol. The minimum Gasteiger partial charge on any atom is -0.379 e. The van der Waals surface area contributed by atoms with Gasteiger partial charge in [0.15, 0.2) is 0 Å². The molecule has 172 valence electrons. The highest BCUT2D eigenvalue weighted by Crippen LogP contribution is 2.35. The molecule has 3 aromatic rings. The zero-order chi connectivity index (χ0) is 22.2. The molecule has 5 rings (SSSR count). The summed E-state index contributed by atoms with van der Waals surface area (Å²) in [5.74, 6) is 2.96. The van der Waals surface area contributed by atoms with Crippen LogP contribution in [0, 0.1) is 27.7 Å². The number of piperazine rings is 1. The van der Waals surface area contributed by atoms with Crippen molar-refractivity contribution in [3.8, 4) is 0 Å². The molecule has 2 fully saturated rings. The van der Waals surface area contributed by atoms with Crippen LogP contribution in [0.25, 0.3) is 10.2 Å². The van der Waals surface area contributed by atoms with E-state index in [0.29, 0.717) is 0 Å². The quantitative estimate of drug-likeness (QED) is 0.580. The van der Waals surface area contributed by atoms with Gasteiger partial charge in [-0.25, -0.2) is 9.97 Å². The van der Waals surface area contributed by atoms with Gasteiger partial charge in [-0.3, -0.25) is 9.80 Å². The summed E-state index contributed by atoms with van der Waals surface area (Å²) in [5.41, 5.74) is 3.54. The Morgan fingerprint density at radius 2 is 1.59 bits per heavy atom. The molecule has 0 spiro atoms. The standard InChI is InChI=1S/C23H32N6O2S/c1-15-18(4)32-23-21(15)22(24-20(25-23)14-28-9-11-30-12-10-28)29-7-5-27(6-8-29)13-19-16(2)26-31-17(19)3/h5-14H2,1-4H3. The summed E-state index contributed by atoms with van der Waals surface area (Å²) < 4.78 is 10.9. The summed E-state index contributed by atoms with van der Waals surface area (Å²) >= 11 is 1.79. The van der Waals surface area contributed by atoms with E-state index in [1.165, 1.54) is 21.4 Å². The number of ether oxygens (including phenoxy) is 1. The fourth-order valence-corrected chi connectivity index (χ4v) is 5.64. The van der Waals surface area contributed by atoms with Crippen LogP contribution in [0.3, 0.4) is 0 Å². The third-order valence-corrected chi connectivity index (χ3v) is 7.86. The van der Waals surface area contributed by atoms with Crippen molar-refractivity contribution < 1.29 is 9.26 Å². The molecule has 0 N–H and O–H groups in total. The predicted molar refractivity (Wildman–Crippen MR) is 126 cm³/mol. The van der Waals surface area contributed by atoms with Crippen molar-refractivity contribution in [2.45, 2.75) is 40.8 Å². The van der Waals surface area contributed by atoms with E-state index >= 15 is 0 Å². The van der Waals surface area contributed by atoms with Crippen LogP contribution >= 0.6 is 11.3 Å². The molecule has 2 aliphatic rings. The zero-order valence-corrected chi connectivity index (χ0v) is 20.3. The first kappa shape index (κ1) is 21.8. The first-order chi connectivity index (χ1) is 15.5. The Kier molecular flexibility index (Phi) is 6.16. The maximum atomic E-state index is 5.50. The minimum absolute atomic E-state index is 0.786. The second-order valence-electron chi connectivity index (χ2n) is 8.88. The number of thiophene rings is 1. The topological polar surface area (TPSA) is 70.8 Å². The fourth-order valence-electron chi connectivity index (χ4n) is 4.60. The van der Waals surface area contributed by atoms with Gasteiger partial charge in [0.05, 0.1) is 30.8 Å². The third-order valence-electron chi connectivity index (χ3n) is 6.76. The molecule has 2 aliphatic heterocycles. The lowest BCUT2D eigenvalue weighted by molar-refractivity contribution is 0.0331. The number of rotatable bonds is 5. The lowest BCUT2D eigenvalue weighted by atomic mass is 10.1. The summed E-state index contributed by atoms with van der Waals surface area (Å²) in [5, 5.41) is 5.34. The average molecular weight is 457 g/mol. The molecule has 3 aromatic heterocycles. The Bertz CT molecular complexity index is 1080. The number of aromatic nitrogens is 3. The highest BCUT2D eigenvalue weighted by molar-refractivity contribution is 7.18. The smallest absolute Gasteiger partial charge is 0.146 e. The molecule has 0 bridgehead atoms. The van der Waals surface area contributed by atoms with E-state index in [-0.39, 0.29) is 0 Å². The predicted octanol–water partition coefficient (Wildman–Crippen LogP) is 3.07. The maximum absolute atomic E-state index is 5.50. The molecule has 2 saturated heterocycles. The summed E-state index contributed by atoms with van der Waals surface area (Å²) in [4.78, 5) is 19.9. The van der Waals surface area contributed by atoms with Crippen LogP contribution in [0.1, 0.15) is 33.3 Å². The van der Waals surface area contributed by atoms with Crippen LogP contribution in [0.5, 0.6) is 0 Å². The Balaban J connectivity index is 1.37. The molecule has 0 aliphatic carbocycles. The van der Waals surface area contributed by atoms with Gasteiger partial charge in [0, 0.05) is 56.3 Å². The monoisotopic (exact) mass is 456 g/mol. The number of morpholine rings is 1. The van der Waals surface area contributed by atoms with Gasteiger partial charge in [-0.2, -0.15) is 0 Å². The minimum atomic E-state index is 0.786. The summed E-state index contributed by atoms with van der Waals surface area (Å²) in [6.07, 6.45) is 0. The Hall–Kier alpha value is -2.07. The van der Waals surface area contributed by atoms with E-state index in [1.54, 1.807) is 11.3 Å². The van der Waals surface area contributed by atoms with Gasteiger partial charge in [0.2, 0.25) is 0 Å². The summed E-state index contributed by atoms with van der Waals surface area (Å²) in [6.45, 7) is 17.5. The van der Waals surface area contributed by atoms with Gasteiger partial charge in [-0.05, 0) is 33.3 Å². The van der Waals surface area contributed by atoms with Crippen LogP contribution in [-0.2, 0) is 17.8 Å². The van der Waals surface area contributed by atoms with E-state index in [0.717, 1.165) is 93.5 Å².